The quantitative estimate of drug-likeness (QED) is 0.651. The van der Waals surface area contributed by atoms with Gasteiger partial charge in [0.15, 0.2) is 0 Å². The van der Waals surface area contributed by atoms with Gasteiger partial charge in [-0.2, -0.15) is 0 Å². The first kappa shape index (κ1) is 11.9. The third-order valence-electron chi connectivity index (χ3n) is 4.81. The first-order valence-corrected chi connectivity index (χ1v) is 7.61. The van der Waals surface area contributed by atoms with Gasteiger partial charge in [0.05, 0.1) is 5.69 Å². The molecule has 2 heteroatoms. The third kappa shape index (κ3) is 1.44. The fraction of sp³-hybridized carbons (Fsp3) is 0.100. The van der Waals surface area contributed by atoms with Crippen LogP contribution in [0.1, 0.15) is 16.7 Å². The second-order valence-corrected chi connectivity index (χ2v) is 6.01. The van der Waals surface area contributed by atoms with E-state index < -0.39 is 0 Å². The van der Waals surface area contributed by atoms with Crippen molar-refractivity contribution in [1.29, 1.82) is 0 Å². The lowest BCUT2D eigenvalue weighted by atomic mass is 9.85. The number of hydrogen-bond acceptors (Lipinski definition) is 2. The number of aromatic hydroxyl groups is 1. The van der Waals surface area contributed by atoms with Gasteiger partial charge in [0.2, 0.25) is 0 Å². The SMILES string of the molecule is Oc1ccc2c3c1Cc1ccccc1N3Cc1ccccc1-2. The van der Waals surface area contributed by atoms with Gasteiger partial charge in [-0.25, -0.2) is 0 Å². The van der Waals surface area contributed by atoms with Gasteiger partial charge in [0, 0.05) is 29.8 Å². The molecule has 1 N–H and O–H groups in total. The molecule has 0 unspecified atom stereocenters. The Labute approximate surface area is 129 Å². The molecule has 0 spiro atoms. The molecule has 5 rings (SSSR count). The summed E-state index contributed by atoms with van der Waals surface area (Å²) >= 11 is 0. The third-order valence-corrected chi connectivity index (χ3v) is 4.81. The first-order valence-electron chi connectivity index (χ1n) is 7.61. The highest BCUT2D eigenvalue weighted by molar-refractivity contribution is 5.92. The van der Waals surface area contributed by atoms with E-state index in [0.29, 0.717) is 5.75 Å². The number of phenols is 1. The number of phenolic OH excluding ortho intramolecular Hbond substituents is 1. The average Bonchev–Trinajstić information content (AvgIpc) is 2.57. The summed E-state index contributed by atoms with van der Waals surface area (Å²) in [5.74, 6) is 0.401. The van der Waals surface area contributed by atoms with Gasteiger partial charge in [-0.1, -0.05) is 42.5 Å². The maximum atomic E-state index is 10.4. The van der Waals surface area contributed by atoms with Crippen molar-refractivity contribution in [3.8, 4) is 16.9 Å². The summed E-state index contributed by atoms with van der Waals surface area (Å²) in [7, 11) is 0. The van der Waals surface area contributed by atoms with Crippen LogP contribution in [-0.2, 0) is 13.0 Å². The Balaban J connectivity index is 1.87. The molecule has 0 saturated carbocycles. The van der Waals surface area contributed by atoms with E-state index in [1.54, 1.807) is 0 Å². The second kappa shape index (κ2) is 4.14. The van der Waals surface area contributed by atoms with Crippen LogP contribution in [0.15, 0.2) is 60.7 Å². The van der Waals surface area contributed by atoms with E-state index in [1.165, 1.54) is 33.6 Å². The standard InChI is InChI=1S/C20H15NO/c22-19-10-9-16-15-7-3-1-6-14(15)12-21-18-8-4-2-5-13(18)11-17(19)20(16)21/h1-10,22H,11-12H2. The zero-order valence-corrected chi connectivity index (χ0v) is 12.1. The van der Waals surface area contributed by atoms with E-state index in [1.807, 2.05) is 12.1 Å². The summed E-state index contributed by atoms with van der Waals surface area (Å²) in [6.45, 7) is 0.858. The molecular formula is C20H15NO. The molecule has 0 atom stereocenters. The van der Waals surface area contributed by atoms with Crippen LogP contribution in [-0.4, -0.2) is 5.11 Å². The minimum Gasteiger partial charge on any atom is -0.508 e. The van der Waals surface area contributed by atoms with Crippen molar-refractivity contribution in [2.75, 3.05) is 4.90 Å². The molecule has 0 aliphatic carbocycles. The Hall–Kier alpha value is -2.74. The summed E-state index contributed by atoms with van der Waals surface area (Å²) in [4.78, 5) is 2.35. The molecule has 0 aromatic heterocycles. The van der Waals surface area contributed by atoms with Gasteiger partial charge in [-0.05, 0) is 34.9 Å². The first-order chi connectivity index (χ1) is 10.8. The lowest BCUT2D eigenvalue weighted by Gasteiger charge is -2.39. The van der Waals surface area contributed by atoms with E-state index in [9.17, 15) is 5.11 Å². The Bertz CT molecular complexity index is 913. The van der Waals surface area contributed by atoms with Gasteiger partial charge in [-0.3, -0.25) is 0 Å². The predicted molar refractivity (Wildman–Crippen MR) is 88.6 cm³/mol. The second-order valence-electron chi connectivity index (χ2n) is 6.01. The summed E-state index contributed by atoms with van der Waals surface area (Å²) in [5, 5.41) is 10.4. The number of para-hydroxylation sites is 1. The minimum absolute atomic E-state index is 0.401. The summed E-state index contributed by atoms with van der Waals surface area (Å²) in [5.41, 5.74) is 8.61. The van der Waals surface area contributed by atoms with E-state index >= 15 is 0 Å². The van der Waals surface area contributed by atoms with Crippen molar-refractivity contribution in [2.24, 2.45) is 0 Å². The zero-order chi connectivity index (χ0) is 14.7. The molecule has 0 radical (unpaired) electrons. The molecule has 106 valence electrons. The van der Waals surface area contributed by atoms with Gasteiger partial charge in [0.1, 0.15) is 5.75 Å². The van der Waals surface area contributed by atoms with Crippen LogP contribution in [0.4, 0.5) is 11.4 Å². The molecule has 22 heavy (non-hydrogen) atoms. The molecule has 2 aliphatic rings. The number of rotatable bonds is 0. The molecule has 2 heterocycles. The van der Waals surface area contributed by atoms with Crippen molar-refractivity contribution in [3.63, 3.8) is 0 Å². The number of fused-ring (bicyclic) bond motifs is 4. The van der Waals surface area contributed by atoms with Crippen molar-refractivity contribution < 1.29 is 5.11 Å². The van der Waals surface area contributed by atoms with Crippen LogP contribution in [0, 0.1) is 0 Å². The molecule has 0 amide bonds. The highest BCUT2D eigenvalue weighted by atomic mass is 16.3. The van der Waals surface area contributed by atoms with Gasteiger partial charge in [-0.15, -0.1) is 0 Å². The Kier molecular flexibility index (Phi) is 2.23. The smallest absolute Gasteiger partial charge is 0.121 e. The monoisotopic (exact) mass is 285 g/mol. The molecule has 0 saturated heterocycles. The molecule has 2 nitrogen and oxygen atoms in total. The minimum atomic E-state index is 0.401. The predicted octanol–water partition coefficient (Wildman–Crippen LogP) is 4.62. The summed E-state index contributed by atoms with van der Waals surface area (Å²) < 4.78 is 0. The van der Waals surface area contributed by atoms with E-state index in [-0.39, 0.29) is 0 Å². The molecule has 2 aliphatic heterocycles. The number of benzene rings is 3. The molecule has 0 bridgehead atoms. The fourth-order valence-electron chi connectivity index (χ4n) is 3.82. The Morgan fingerprint density at radius 2 is 1.55 bits per heavy atom. The van der Waals surface area contributed by atoms with Crippen LogP contribution in [0.3, 0.4) is 0 Å². The van der Waals surface area contributed by atoms with Gasteiger partial charge >= 0.3 is 0 Å². The summed E-state index contributed by atoms with van der Waals surface area (Å²) in [6.07, 6.45) is 0.795. The average molecular weight is 285 g/mol. The normalized spacial score (nSPS) is 14.1. The van der Waals surface area contributed by atoms with Crippen molar-refractivity contribution >= 4 is 11.4 Å². The van der Waals surface area contributed by atoms with Crippen LogP contribution < -0.4 is 4.90 Å². The molecule has 0 fully saturated rings. The van der Waals surface area contributed by atoms with E-state index in [0.717, 1.165) is 18.5 Å². The topological polar surface area (TPSA) is 23.5 Å². The molecule has 3 aromatic carbocycles. The maximum Gasteiger partial charge on any atom is 0.121 e. The van der Waals surface area contributed by atoms with E-state index in [2.05, 4.69) is 53.4 Å². The highest BCUT2D eigenvalue weighted by Gasteiger charge is 2.31. The van der Waals surface area contributed by atoms with Crippen molar-refractivity contribution in [3.05, 3.63) is 77.4 Å². The number of nitrogens with zero attached hydrogens (tertiary/aromatic N) is 1. The molecular weight excluding hydrogens is 270 g/mol. The van der Waals surface area contributed by atoms with Crippen LogP contribution >= 0.6 is 0 Å². The lowest BCUT2D eigenvalue weighted by Crippen LogP contribution is -2.26. The van der Waals surface area contributed by atoms with Crippen molar-refractivity contribution in [2.45, 2.75) is 13.0 Å². The number of hydrogen-bond donors (Lipinski definition) is 1. The largest absolute Gasteiger partial charge is 0.508 e. The number of anilines is 2. The molecule has 3 aromatic rings. The van der Waals surface area contributed by atoms with Crippen LogP contribution in [0.5, 0.6) is 5.75 Å². The fourth-order valence-corrected chi connectivity index (χ4v) is 3.82. The highest BCUT2D eigenvalue weighted by Crippen LogP contribution is 2.51. The summed E-state index contributed by atoms with van der Waals surface area (Å²) in [6, 6.07) is 20.9. The Morgan fingerprint density at radius 3 is 2.45 bits per heavy atom. The van der Waals surface area contributed by atoms with Crippen molar-refractivity contribution in [1.82, 2.24) is 0 Å². The Morgan fingerprint density at radius 1 is 0.773 bits per heavy atom. The van der Waals surface area contributed by atoms with Crippen LogP contribution in [0.25, 0.3) is 11.1 Å². The lowest BCUT2D eigenvalue weighted by molar-refractivity contribution is 0.469. The van der Waals surface area contributed by atoms with E-state index in [4.69, 9.17) is 0 Å². The van der Waals surface area contributed by atoms with Gasteiger partial charge in [0.25, 0.3) is 0 Å². The van der Waals surface area contributed by atoms with Crippen LogP contribution in [0.2, 0.25) is 0 Å². The van der Waals surface area contributed by atoms with Gasteiger partial charge < -0.3 is 10.0 Å². The maximum absolute atomic E-state index is 10.4. The zero-order valence-electron chi connectivity index (χ0n) is 12.1.